The molecule has 3 heterocycles. The van der Waals surface area contributed by atoms with Gasteiger partial charge in [0.05, 0.1) is 24.8 Å². The number of rotatable bonds is 9. The Hall–Kier alpha value is -4.47. The van der Waals surface area contributed by atoms with Gasteiger partial charge in [-0.2, -0.15) is 22.8 Å². The quantitative estimate of drug-likeness (QED) is 0.296. The monoisotopic (exact) mass is 686 g/mol. The number of halogens is 4. The number of morpholine rings is 1. The van der Waals surface area contributed by atoms with Crippen molar-refractivity contribution in [3.05, 3.63) is 54.1 Å². The van der Waals surface area contributed by atoms with Gasteiger partial charge >= 0.3 is 18.3 Å². The average molecular weight is 687 g/mol. The van der Waals surface area contributed by atoms with Crippen molar-refractivity contribution in [3.8, 4) is 5.69 Å². The van der Waals surface area contributed by atoms with Crippen LogP contribution in [-0.4, -0.2) is 112 Å². The molecule has 4 rings (SSSR count). The number of hydrogen-bond donors (Lipinski definition) is 2. The van der Waals surface area contributed by atoms with E-state index < -0.39 is 42.8 Å². The number of carbonyl (C=O) groups is 3. The number of aromatic nitrogens is 3. The molecule has 1 aromatic heterocycles. The fourth-order valence-corrected chi connectivity index (χ4v) is 5.08. The number of nitrogens with one attached hydrogen (secondary N) is 1. The lowest BCUT2D eigenvalue weighted by atomic mass is 9.92. The summed E-state index contributed by atoms with van der Waals surface area (Å²) >= 11 is 0. The van der Waals surface area contributed by atoms with Crippen LogP contribution in [0.5, 0.6) is 0 Å². The molecule has 2 aromatic rings. The van der Waals surface area contributed by atoms with Gasteiger partial charge in [-0.25, -0.2) is 13.9 Å². The minimum absolute atomic E-state index is 0. The Balaban J connectivity index is 0.00000115. The molecule has 2 fully saturated rings. The Morgan fingerprint density at radius 3 is 2.33 bits per heavy atom. The van der Waals surface area contributed by atoms with Gasteiger partial charge in [0.1, 0.15) is 11.5 Å². The van der Waals surface area contributed by atoms with Crippen molar-refractivity contribution in [3.63, 3.8) is 0 Å². The van der Waals surface area contributed by atoms with Crippen LogP contribution < -0.4 is 5.32 Å². The SMILES string of the molecule is C.C=CC(=O)O.CC(C)CN(C(=O)c1nnn(-c2ccccc2F)c1CCC(F)(F)F)[C@@H]1CNC[C@H](C(=O)N2CCOCC2)C1.O=C=O. The molecule has 0 bridgehead atoms. The lowest BCUT2D eigenvalue weighted by Crippen LogP contribution is -2.56. The lowest BCUT2D eigenvalue weighted by molar-refractivity contribution is -0.191. The van der Waals surface area contributed by atoms with Gasteiger partial charge in [-0.3, -0.25) is 9.59 Å². The third kappa shape index (κ3) is 12.6. The number of carboxylic acids is 1. The van der Waals surface area contributed by atoms with Gasteiger partial charge in [0, 0.05) is 57.7 Å². The first kappa shape index (κ1) is 41.6. The maximum Gasteiger partial charge on any atom is 0.389 e. The number of ether oxygens (including phenoxy) is 1. The molecule has 48 heavy (non-hydrogen) atoms. The second-order valence-corrected chi connectivity index (χ2v) is 11.0. The smallest absolute Gasteiger partial charge is 0.389 e. The van der Waals surface area contributed by atoms with Crippen LogP contribution in [0.25, 0.3) is 5.69 Å². The van der Waals surface area contributed by atoms with Crippen LogP contribution in [0.1, 0.15) is 50.3 Å². The molecular weight excluding hydrogens is 644 g/mol. The lowest BCUT2D eigenvalue weighted by Gasteiger charge is -2.40. The molecule has 17 heteroatoms. The molecule has 2 N–H and O–H groups in total. The molecule has 0 radical (unpaired) electrons. The summed E-state index contributed by atoms with van der Waals surface area (Å²) in [6.07, 6.45) is -4.83. The van der Waals surface area contributed by atoms with Crippen LogP contribution in [0.4, 0.5) is 17.6 Å². The minimum Gasteiger partial charge on any atom is -0.478 e. The largest absolute Gasteiger partial charge is 0.478 e. The minimum atomic E-state index is -4.50. The Bertz CT molecular complexity index is 1390. The number of alkyl halides is 3. The first-order chi connectivity index (χ1) is 22.2. The average Bonchev–Trinajstić information content (AvgIpc) is 3.46. The molecule has 2 amide bonds. The fourth-order valence-electron chi connectivity index (χ4n) is 5.08. The van der Waals surface area contributed by atoms with E-state index in [0.717, 1.165) is 16.8 Å². The van der Waals surface area contributed by atoms with Gasteiger partial charge in [-0.05, 0) is 24.5 Å². The molecular formula is C31H42F4N6O7. The summed E-state index contributed by atoms with van der Waals surface area (Å²) in [5.74, 6) is -2.61. The third-order valence-electron chi connectivity index (χ3n) is 7.13. The first-order valence-corrected chi connectivity index (χ1v) is 14.7. The summed E-state index contributed by atoms with van der Waals surface area (Å²) in [7, 11) is 0. The zero-order valence-electron chi connectivity index (χ0n) is 26.0. The molecule has 13 nitrogen and oxygen atoms in total. The van der Waals surface area contributed by atoms with Gasteiger partial charge in [-0.15, -0.1) is 5.10 Å². The van der Waals surface area contributed by atoms with Crippen LogP contribution in [-0.2, 0) is 30.3 Å². The highest BCUT2D eigenvalue weighted by Gasteiger charge is 2.38. The molecule has 0 unspecified atom stereocenters. The van der Waals surface area contributed by atoms with E-state index >= 15 is 0 Å². The van der Waals surface area contributed by atoms with Crippen molar-refractivity contribution in [2.45, 2.75) is 52.8 Å². The van der Waals surface area contributed by atoms with Crippen molar-refractivity contribution >= 4 is 23.9 Å². The van der Waals surface area contributed by atoms with E-state index in [2.05, 4.69) is 22.2 Å². The van der Waals surface area contributed by atoms with Crippen molar-refractivity contribution in [1.29, 1.82) is 0 Å². The zero-order valence-corrected chi connectivity index (χ0v) is 26.0. The van der Waals surface area contributed by atoms with Crippen molar-refractivity contribution < 1.29 is 51.4 Å². The highest BCUT2D eigenvalue weighted by molar-refractivity contribution is 5.94. The molecule has 2 saturated heterocycles. The van der Waals surface area contributed by atoms with Gasteiger partial charge < -0.3 is 25.0 Å². The van der Waals surface area contributed by atoms with E-state index in [-0.39, 0.29) is 48.4 Å². The van der Waals surface area contributed by atoms with E-state index in [1.807, 2.05) is 13.8 Å². The number of hydrogen-bond acceptors (Lipinski definition) is 9. The summed E-state index contributed by atoms with van der Waals surface area (Å²) in [4.78, 5) is 55.9. The van der Waals surface area contributed by atoms with Crippen LogP contribution in [0.2, 0.25) is 0 Å². The predicted molar refractivity (Wildman–Crippen MR) is 163 cm³/mol. The Morgan fingerprint density at radius 1 is 1.19 bits per heavy atom. The predicted octanol–water partition coefficient (Wildman–Crippen LogP) is 3.15. The first-order valence-electron chi connectivity index (χ1n) is 14.7. The van der Waals surface area contributed by atoms with Crippen LogP contribution in [0.15, 0.2) is 36.9 Å². The second kappa shape index (κ2) is 20.0. The van der Waals surface area contributed by atoms with Gasteiger partial charge in [0.15, 0.2) is 5.69 Å². The van der Waals surface area contributed by atoms with E-state index in [1.165, 1.54) is 18.2 Å². The summed E-state index contributed by atoms with van der Waals surface area (Å²) in [5.41, 5.74) is -0.446. The van der Waals surface area contributed by atoms with Crippen LogP contribution in [0.3, 0.4) is 0 Å². The number of aliphatic carboxylic acids is 1. The standard InChI is InChI=1S/C26H34F4N6O3.C3H4O2.CO2.CH4/c1-17(2)16-35(19-13-18(14-31-15-19)24(37)34-9-11-39-12-10-34)25(38)23-22(7-8-26(28,29)30)36(33-32-23)21-6-4-3-5-20(21)27;1-2-3(4)5;2-1-3;/h3-6,17-19,31H,7-16H2,1-2H3;2H,1H2,(H,4,5);;1H4/t18-,19+;;;/m1.../s1. The Labute approximate surface area is 275 Å². The molecule has 266 valence electrons. The van der Waals surface area contributed by atoms with E-state index in [0.29, 0.717) is 52.4 Å². The van der Waals surface area contributed by atoms with Crippen molar-refractivity contribution in [2.75, 3.05) is 45.9 Å². The van der Waals surface area contributed by atoms with Crippen LogP contribution in [0, 0.1) is 17.7 Å². The van der Waals surface area contributed by atoms with E-state index in [1.54, 1.807) is 9.80 Å². The van der Waals surface area contributed by atoms with Crippen molar-refractivity contribution in [1.82, 2.24) is 30.1 Å². The highest BCUT2D eigenvalue weighted by atomic mass is 19.4. The fraction of sp³-hybridized carbons (Fsp3) is 0.548. The number of nitrogens with zero attached hydrogens (tertiary/aromatic N) is 5. The van der Waals surface area contributed by atoms with Gasteiger partial charge in [-0.1, -0.05) is 45.2 Å². The third-order valence-corrected chi connectivity index (χ3v) is 7.13. The normalized spacial score (nSPS) is 17.4. The number of carboxylic acid groups (broad SMARTS) is 1. The topological polar surface area (TPSA) is 164 Å². The highest BCUT2D eigenvalue weighted by Crippen LogP contribution is 2.27. The number of amides is 2. The summed E-state index contributed by atoms with van der Waals surface area (Å²) in [6.45, 7) is 9.98. The number of benzene rings is 1. The molecule has 2 aliphatic rings. The summed E-state index contributed by atoms with van der Waals surface area (Å²) in [6, 6.07) is 5.12. The molecule has 1 aromatic carbocycles. The Kier molecular flexibility index (Phi) is 17.3. The van der Waals surface area contributed by atoms with E-state index in [4.69, 9.17) is 19.4 Å². The van der Waals surface area contributed by atoms with Crippen molar-refractivity contribution in [2.24, 2.45) is 11.8 Å². The molecule has 0 spiro atoms. The zero-order chi connectivity index (χ0) is 35.1. The molecule has 0 saturated carbocycles. The Morgan fingerprint density at radius 2 is 1.79 bits per heavy atom. The van der Waals surface area contributed by atoms with E-state index in [9.17, 15) is 31.9 Å². The maximum atomic E-state index is 14.6. The summed E-state index contributed by atoms with van der Waals surface area (Å²) < 4.78 is 60.5. The number of carbonyl (C=O) groups excluding carboxylic acids is 4. The molecule has 0 aliphatic carbocycles. The summed E-state index contributed by atoms with van der Waals surface area (Å²) in [5, 5.41) is 18.7. The van der Waals surface area contributed by atoms with Crippen LogP contribution >= 0.6 is 0 Å². The number of para-hydroxylation sites is 1. The molecule has 2 atom stereocenters. The van der Waals surface area contributed by atoms with Gasteiger partial charge in [0.25, 0.3) is 5.91 Å². The molecule has 2 aliphatic heterocycles. The number of piperidine rings is 1. The van der Waals surface area contributed by atoms with Gasteiger partial charge in [0.2, 0.25) is 5.91 Å². The second-order valence-electron chi connectivity index (χ2n) is 11.0. The maximum absolute atomic E-state index is 14.6.